The Morgan fingerprint density at radius 1 is 1.19 bits per heavy atom. The summed E-state index contributed by atoms with van der Waals surface area (Å²) >= 11 is 0. The van der Waals surface area contributed by atoms with Crippen LogP contribution in [0.2, 0.25) is 0 Å². The molecule has 2 aliphatic rings. The number of fused-ring (bicyclic) bond motifs is 1. The first-order chi connectivity index (χ1) is 15.5. The van der Waals surface area contributed by atoms with Gasteiger partial charge in [-0.1, -0.05) is 19.3 Å². The van der Waals surface area contributed by atoms with Gasteiger partial charge in [0.15, 0.2) is 6.23 Å². The van der Waals surface area contributed by atoms with E-state index in [1.165, 1.54) is 25.5 Å². The largest absolute Gasteiger partial charge is 0.472 e. The zero-order valence-corrected chi connectivity index (χ0v) is 18.4. The van der Waals surface area contributed by atoms with E-state index in [0.717, 1.165) is 46.4 Å². The number of hydrogen-bond acceptors (Lipinski definition) is 6. The van der Waals surface area contributed by atoms with Crippen LogP contribution in [0.4, 0.5) is 11.4 Å². The van der Waals surface area contributed by atoms with Gasteiger partial charge in [0.05, 0.1) is 16.9 Å². The molecule has 32 heavy (non-hydrogen) atoms. The van der Waals surface area contributed by atoms with Gasteiger partial charge >= 0.3 is 0 Å². The number of anilines is 2. The number of carbonyl (C=O) groups excluding carboxylic acids is 1. The molecule has 3 aromatic rings. The van der Waals surface area contributed by atoms with Crippen molar-refractivity contribution in [3.05, 3.63) is 59.9 Å². The third-order valence-corrected chi connectivity index (χ3v) is 6.05. The monoisotopic (exact) mass is 432 g/mol. The fourth-order valence-corrected chi connectivity index (χ4v) is 4.43. The molecule has 0 bridgehead atoms. The van der Waals surface area contributed by atoms with Crippen LogP contribution in [0, 0.1) is 6.92 Å². The van der Waals surface area contributed by atoms with Gasteiger partial charge in [0, 0.05) is 42.1 Å². The fourth-order valence-electron chi connectivity index (χ4n) is 4.43. The first kappa shape index (κ1) is 20.4. The molecule has 1 amide bonds. The van der Waals surface area contributed by atoms with Crippen LogP contribution in [-0.2, 0) is 16.6 Å². The third-order valence-electron chi connectivity index (χ3n) is 6.05. The minimum absolute atomic E-state index is 0.242. The number of nitrogens with one attached hydrogen (secondary N) is 3. The molecule has 1 saturated carbocycles. The SMILES string of the molecule is Cc1cc(C2NC(C(=O)Nc3cc4cn(C)nc4cc3NC3CCCCC3)=CO2)ccn1. The van der Waals surface area contributed by atoms with Crippen molar-refractivity contribution in [1.82, 2.24) is 20.1 Å². The highest BCUT2D eigenvalue weighted by Gasteiger charge is 2.25. The lowest BCUT2D eigenvalue weighted by atomic mass is 9.95. The van der Waals surface area contributed by atoms with Crippen LogP contribution >= 0.6 is 0 Å². The number of hydrogen-bond donors (Lipinski definition) is 3. The zero-order chi connectivity index (χ0) is 22.1. The van der Waals surface area contributed by atoms with Crippen molar-refractivity contribution >= 4 is 28.2 Å². The lowest BCUT2D eigenvalue weighted by molar-refractivity contribution is -0.113. The number of nitrogens with zero attached hydrogens (tertiary/aromatic N) is 3. The minimum Gasteiger partial charge on any atom is -0.472 e. The standard InChI is InChI=1S/C24H28N6O2/c1-15-10-16(8-9-25-15)24-28-22(14-32-24)23(31)27-20-11-17-13-30(2)29-19(17)12-21(20)26-18-6-4-3-5-7-18/h8-14,18,24,26,28H,3-7H2,1-2H3,(H,27,31). The van der Waals surface area contributed by atoms with Crippen LogP contribution in [0.15, 0.2) is 48.6 Å². The Balaban J connectivity index is 1.35. The molecule has 1 fully saturated rings. The summed E-state index contributed by atoms with van der Waals surface area (Å²) in [4.78, 5) is 17.3. The van der Waals surface area contributed by atoms with Gasteiger partial charge in [-0.25, -0.2) is 0 Å². The van der Waals surface area contributed by atoms with Gasteiger partial charge in [-0.3, -0.25) is 14.5 Å². The average molecular weight is 433 g/mol. The molecular weight excluding hydrogens is 404 g/mol. The normalized spacial score (nSPS) is 18.7. The molecular formula is C24H28N6O2. The van der Waals surface area contributed by atoms with E-state index in [4.69, 9.17) is 4.74 Å². The summed E-state index contributed by atoms with van der Waals surface area (Å²) in [6.45, 7) is 1.93. The van der Waals surface area contributed by atoms with Gasteiger partial charge in [-0.2, -0.15) is 5.10 Å². The van der Waals surface area contributed by atoms with E-state index in [2.05, 4.69) is 26.0 Å². The van der Waals surface area contributed by atoms with Crippen molar-refractivity contribution in [1.29, 1.82) is 0 Å². The number of carbonyl (C=O) groups is 1. The summed E-state index contributed by atoms with van der Waals surface area (Å²) in [6, 6.07) is 8.23. The number of aromatic nitrogens is 3. The highest BCUT2D eigenvalue weighted by atomic mass is 16.5. The molecule has 3 N–H and O–H groups in total. The summed E-state index contributed by atoms with van der Waals surface area (Å²) in [5, 5.41) is 15.4. The number of aryl methyl sites for hydroxylation is 2. The Labute approximate surface area is 187 Å². The lowest BCUT2D eigenvalue weighted by Crippen LogP contribution is -2.26. The van der Waals surface area contributed by atoms with Crippen molar-refractivity contribution in [2.75, 3.05) is 10.6 Å². The van der Waals surface area contributed by atoms with E-state index in [-0.39, 0.29) is 5.91 Å². The molecule has 0 radical (unpaired) electrons. The summed E-state index contributed by atoms with van der Waals surface area (Å²) < 4.78 is 7.49. The number of ether oxygens (including phenoxy) is 1. The highest BCUT2D eigenvalue weighted by molar-refractivity contribution is 6.06. The Hall–Kier alpha value is -3.55. The van der Waals surface area contributed by atoms with Gasteiger partial charge in [0.25, 0.3) is 5.91 Å². The molecule has 8 nitrogen and oxygen atoms in total. The van der Waals surface area contributed by atoms with E-state index in [9.17, 15) is 4.79 Å². The fraction of sp³-hybridized carbons (Fsp3) is 0.375. The smallest absolute Gasteiger partial charge is 0.275 e. The molecule has 0 spiro atoms. The van der Waals surface area contributed by atoms with Crippen LogP contribution in [-0.4, -0.2) is 26.7 Å². The van der Waals surface area contributed by atoms with Gasteiger partial charge in [-0.05, 0) is 44.0 Å². The van der Waals surface area contributed by atoms with Crippen LogP contribution in [0.5, 0.6) is 0 Å². The van der Waals surface area contributed by atoms with Crippen LogP contribution in [0.3, 0.4) is 0 Å². The second-order valence-corrected chi connectivity index (χ2v) is 8.62. The van der Waals surface area contributed by atoms with Gasteiger partial charge in [0.1, 0.15) is 12.0 Å². The number of benzene rings is 1. The quantitative estimate of drug-likeness (QED) is 0.562. The molecule has 0 saturated heterocycles. The Bertz CT molecular complexity index is 1180. The maximum atomic E-state index is 13.1. The second-order valence-electron chi connectivity index (χ2n) is 8.62. The van der Waals surface area contributed by atoms with Crippen molar-refractivity contribution in [3.8, 4) is 0 Å². The maximum absolute atomic E-state index is 13.1. The molecule has 5 rings (SSSR count). The highest BCUT2D eigenvalue weighted by Crippen LogP contribution is 2.32. The van der Waals surface area contributed by atoms with Gasteiger partial charge in [-0.15, -0.1) is 0 Å². The lowest BCUT2D eigenvalue weighted by Gasteiger charge is -2.25. The van der Waals surface area contributed by atoms with Crippen molar-refractivity contribution in [2.45, 2.75) is 51.3 Å². The van der Waals surface area contributed by atoms with Crippen LogP contribution < -0.4 is 16.0 Å². The molecule has 1 aliphatic carbocycles. The maximum Gasteiger partial charge on any atom is 0.275 e. The predicted octanol–water partition coefficient (Wildman–Crippen LogP) is 4.12. The molecule has 2 aromatic heterocycles. The van der Waals surface area contributed by atoms with Crippen LogP contribution in [0.25, 0.3) is 10.9 Å². The predicted molar refractivity (Wildman–Crippen MR) is 124 cm³/mol. The molecule has 3 heterocycles. The van der Waals surface area contributed by atoms with E-state index < -0.39 is 6.23 Å². The number of pyridine rings is 1. The molecule has 166 valence electrons. The molecule has 1 atom stereocenters. The molecule has 8 heteroatoms. The molecule has 1 unspecified atom stereocenters. The Kier molecular flexibility index (Phi) is 5.43. The van der Waals surface area contributed by atoms with Gasteiger partial charge < -0.3 is 20.7 Å². The number of amides is 1. The first-order valence-electron chi connectivity index (χ1n) is 11.2. The van der Waals surface area contributed by atoms with Crippen molar-refractivity contribution in [3.63, 3.8) is 0 Å². The third kappa shape index (κ3) is 4.26. The topological polar surface area (TPSA) is 93.1 Å². The second kappa shape index (κ2) is 8.53. The summed E-state index contributed by atoms with van der Waals surface area (Å²) in [6.07, 6.45) is 10.8. The van der Waals surface area contributed by atoms with Crippen molar-refractivity contribution in [2.24, 2.45) is 7.05 Å². The molecule has 1 aromatic carbocycles. The number of rotatable bonds is 5. The summed E-state index contributed by atoms with van der Waals surface area (Å²) in [7, 11) is 1.90. The first-order valence-corrected chi connectivity index (χ1v) is 11.2. The Morgan fingerprint density at radius 2 is 2.03 bits per heavy atom. The van der Waals surface area contributed by atoms with E-state index in [1.54, 1.807) is 10.9 Å². The summed E-state index contributed by atoms with van der Waals surface area (Å²) in [5.41, 5.74) is 4.75. The van der Waals surface area contributed by atoms with E-state index in [1.807, 2.05) is 44.4 Å². The molecule has 1 aliphatic heterocycles. The average Bonchev–Trinajstić information content (AvgIpc) is 3.41. The Morgan fingerprint density at radius 3 is 2.84 bits per heavy atom. The minimum atomic E-state index is -0.405. The zero-order valence-electron chi connectivity index (χ0n) is 18.4. The van der Waals surface area contributed by atoms with Crippen molar-refractivity contribution < 1.29 is 9.53 Å². The van der Waals surface area contributed by atoms with E-state index in [0.29, 0.717) is 11.7 Å². The summed E-state index contributed by atoms with van der Waals surface area (Å²) in [5.74, 6) is -0.242. The van der Waals surface area contributed by atoms with Gasteiger partial charge in [0.2, 0.25) is 0 Å². The van der Waals surface area contributed by atoms with Crippen LogP contribution in [0.1, 0.15) is 49.6 Å². The van der Waals surface area contributed by atoms with E-state index >= 15 is 0 Å².